The number of nitrogens with zero attached hydrogens (tertiary/aromatic N) is 4. The highest BCUT2D eigenvalue weighted by atomic mass is 32.1. The zero-order valence-electron chi connectivity index (χ0n) is 15.4. The molecule has 7 nitrogen and oxygen atoms in total. The summed E-state index contributed by atoms with van der Waals surface area (Å²) in [6.07, 6.45) is 3.50. The minimum Gasteiger partial charge on any atom is -0.339 e. The summed E-state index contributed by atoms with van der Waals surface area (Å²) in [5, 5.41) is 0.555. The highest BCUT2D eigenvalue weighted by Crippen LogP contribution is 2.28. The number of hydrogen-bond donors (Lipinski definition) is 0. The van der Waals surface area contributed by atoms with Gasteiger partial charge in [0.2, 0.25) is 5.91 Å². The van der Waals surface area contributed by atoms with Crippen molar-refractivity contribution in [3.8, 4) is 0 Å². The molecule has 0 radical (unpaired) electrons. The Kier molecular flexibility index (Phi) is 5.41. The van der Waals surface area contributed by atoms with Crippen LogP contribution >= 0.6 is 11.3 Å². The van der Waals surface area contributed by atoms with Crippen molar-refractivity contribution in [1.29, 1.82) is 0 Å². The molecular weight excluding hydrogens is 352 g/mol. The molecule has 0 aliphatic carbocycles. The fourth-order valence-electron chi connectivity index (χ4n) is 3.22. The fraction of sp³-hybridized carbons (Fsp3) is 0.556. The van der Waals surface area contributed by atoms with Gasteiger partial charge in [-0.25, -0.2) is 4.98 Å². The maximum atomic E-state index is 12.9. The number of amides is 2. The summed E-state index contributed by atoms with van der Waals surface area (Å²) < 4.78 is 1.63. The first-order chi connectivity index (χ1) is 12.4. The molecular formula is C18H24N4O3S. The van der Waals surface area contributed by atoms with Crippen LogP contribution in [0.1, 0.15) is 41.9 Å². The molecule has 2 amide bonds. The van der Waals surface area contributed by atoms with Crippen LogP contribution < -0.4 is 5.56 Å². The third-order valence-corrected chi connectivity index (χ3v) is 6.06. The van der Waals surface area contributed by atoms with Crippen molar-refractivity contribution < 1.29 is 9.59 Å². The quantitative estimate of drug-likeness (QED) is 0.816. The van der Waals surface area contributed by atoms with Gasteiger partial charge in [-0.05, 0) is 18.9 Å². The predicted octanol–water partition coefficient (Wildman–Crippen LogP) is 1.87. The standard InChI is InChI=1S/C18H24N4O3S/c1-4-5-6-22-11-19-16-14(17(22)24)12(2)15(26-16)18(25)21-9-7-20(8-10-21)13(3)23/h11H,4-10H2,1-3H3. The number of aromatic nitrogens is 2. The molecule has 0 saturated carbocycles. The number of carbonyl (C=O) groups excluding carboxylic acids is 2. The van der Waals surface area contributed by atoms with Crippen LogP contribution in [0, 0.1) is 6.92 Å². The van der Waals surface area contributed by atoms with E-state index >= 15 is 0 Å². The van der Waals surface area contributed by atoms with E-state index in [9.17, 15) is 14.4 Å². The number of rotatable bonds is 4. The predicted molar refractivity (Wildman–Crippen MR) is 102 cm³/mol. The molecule has 1 aliphatic rings. The van der Waals surface area contributed by atoms with E-state index < -0.39 is 0 Å². The van der Waals surface area contributed by atoms with Crippen LogP contribution in [0.3, 0.4) is 0 Å². The van der Waals surface area contributed by atoms with Crippen molar-refractivity contribution in [2.45, 2.75) is 40.2 Å². The summed E-state index contributed by atoms with van der Waals surface area (Å²) >= 11 is 1.28. The first kappa shape index (κ1) is 18.6. The molecule has 2 aromatic rings. The van der Waals surface area contributed by atoms with E-state index in [0.29, 0.717) is 53.4 Å². The monoisotopic (exact) mass is 376 g/mol. The average molecular weight is 376 g/mol. The molecule has 3 heterocycles. The van der Waals surface area contributed by atoms with Crippen molar-refractivity contribution >= 4 is 33.4 Å². The molecule has 1 fully saturated rings. The Morgan fingerprint density at radius 3 is 2.46 bits per heavy atom. The fourth-order valence-corrected chi connectivity index (χ4v) is 4.33. The van der Waals surface area contributed by atoms with Gasteiger partial charge in [0.15, 0.2) is 0 Å². The van der Waals surface area contributed by atoms with Gasteiger partial charge in [-0.3, -0.25) is 19.0 Å². The zero-order chi connectivity index (χ0) is 18.8. The van der Waals surface area contributed by atoms with E-state index in [4.69, 9.17) is 0 Å². The maximum Gasteiger partial charge on any atom is 0.264 e. The van der Waals surface area contributed by atoms with Crippen LogP contribution in [0.15, 0.2) is 11.1 Å². The normalized spacial score (nSPS) is 14.9. The molecule has 0 aromatic carbocycles. The van der Waals surface area contributed by atoms with Gasteiger partial charge in [0.25, 0.3) is 11.5 Å². The molecule has 8 heteroatoms. The Labute approximate surface area is 156 Å². The van der Waals surface area contributed by atoms with Crippen LogP contribution in [-0.2, 0) is 11.3 Å². The summed E-state index contributed by atoms with van der Waals surface area (Å²) in [4.78, 5) is 46.2. The highest BCUT2D eigenvalue weighted by Gasteiger charge is 2.27. The molecule has 0 bridgehead atoms. The second kappa shape index (κ2) is 7.57. The number of piperazine rings is 1. The van der Waals surface area contributed by atoms with Gasteiger partial charge in [0.1, 0.15) is 4.83 Å². The Hall–Kier alpha value is -2.22. The summed E-state index contributed by atoms with van der Waals surface area (Å²) in [5.74, 6) is -0.0415. The molecule has 0 N–H and O–H groups in total. The van der Waals surface area contributed by atoms with Crippen LogP contribution in [0.5, 0.6) is 0 Å². The number of carbonyl (C=O) groups is 2. The lowest BCUT2D eigenvalue weighted by molar-refractivity contribution is -0.130. The van der Waals surface area contributed by atoms with E-state index in [2.05, 4.69) is 11.9 Å². The Bertz CT molecular complexity index is 894. The third-order valence-electron chi connectivity index (χ3n) is 4.88. The summed E-state index contributed by atoms with van der Waals surface area (Å²) in [5.41, 5.74) is 0.644. The van der Waals surface area contributed by atoms with Crippen molar-refractivity contribution in [2.24, 2.45) is 0 Å². The van der Waals surface area contributed by atoms with Crippen LogP contribution in [-0.4, -0.2) is 57.3 Å². The van der Waals surface area contributed by atoms with Gasteiger partial charge in [0.05, 0.1) is 16.6 Å². The lowest BCUT2D eigenvalue weighted by Gasteiger charge is -2.34. The molecule has 0 spiro atoms. The maximum absolute atomic E-state index is 12.9. The van der Waals surface area contributed by atoms with Crippen molar-refractivity contribution in [2.75, 3.05) is 26.2 Å². The molecule has 26 heavy (non-hydrogen) atoms. The number of fused-ring (bicyclic) bond motifs is 1. The van der Waals surface area contributed by atoms with Crippen LogP contribution in [0.2, 0.25) is 0 Å². The van der Waals surface area contributed by atoms with Gasteiger partial charge in [-0.15, -0.1) is 11.3 Å². The zero-order valence-corrected chi connectivity index (χ0v) is 16.3. The minimum atomic E-state index is -0.0757. The van der Waals surface area contributed by atoms with Gasteiger partial charge in [-0.2, -0.15) is 0 Å². The first-order valence-corrected chi connectivity index (χ1v) is 9.79. The van der Waals surface area contributed by atoms with E-state index in [1.165, 1.54) is 11.3 Å². The topological polar surface area (TPSA) is 75.5 Å². The molecule has 140 valence electrons. The van der Waals surface area contributed by atoms with E-state index in [0.717, 1.165) is 12.8 Å². The highest BCUT2D eigenvalue weighted by molar-refractivity contribution is 7.20. The Balaban J connectivity index is 1.88. The molecule has 0 unspecified atom stereocenters. The average Bonchev–Trinajstić information content (AvgIpc) is 2.98. The first-order valence-electron chi connectivity index (χ1n) is 8.97. The molecule has 3 rings (SSSR count). The third kappa shape index (κ3) is 3.38. The largest absolute Gasteiger partial charge is 0.339 e. The van der Waals surface area contributed by atoms with Crippen LogP contribution in [0.25, 0.3) is 10.2 Å². The summed E-state index contributed by atoms with van der Waals surface area (Å²) in [6.45, 7) is 8.22. The van der Waals surface area contributed by atoms with Crippen molar-refractivity contribution in [3.63, 3.8) is 0 Å². The Morgan fingerprint density at radius 2 is 1.85 bits per heavy atom. The lowest BCUT2D eigenvalue weighted by atomic mass is 10.2. The smallest absolute Gasteiger partial charge is 0.264 e. The Morgan fingerprint density at radius 1 is 1.19 bits per heavy atom. The van der Waals surface area contributed by atoms with Crippen LogP contribution in [0.4, 0.5) is 0 Å². The second-order valence-corrected chi connectivity index (χ2v) is 7.63. The minimum absolute atomic E-state index is 0.0342. The summed E-state index contributed by atoms with van der Waals surface area (Å²) in [6, 6.07) is 0. The number of aryl methyl sites for hydroxylation is 2. The summed E-state index contributed by atoms with van der Waals surface area (Å²) in [7, 11) is 0. The number of thiophene rings is 1. The van der Waals surface area contributed by atoms with Gasteiger partial charge in [-0.1, -0.05) is 13.3 Å². The molecule has 1 saturated heterocycles. The van der Waals surface area contributed by atoms with Gasteiger partial charge < -0.3 is 9.80 Å². The van der Waals surface area contributed by atoms with E-state index in [-0.39, 0.29) is 17.4 Å². The van der Waals surface area contributed by atoms with Gasteiger partial charge >= 0.3 is 0 Å². The molecule has 1 aliphatic heterocycles. The molecule has 0 atom stereocenters. The van der Waals surface area contributed by atoms with Crippen molar-refractivity contribution in [3.05, 3.63) is 27.1 Å². The number of hydrogen-bond acceptors (Lipinski definition) is 5. The van der Waals surface area contributed by atoms with Crippen molar-refractivity contribution in [1.82, 2.24) is 19.4 Å². The van der Waals surface area contributed by atoms with Gasteiger partial charge in [0, 0.05) is 39.6 Å². The SMILES string of the molecule is CCCCn1cnc2sc(C(=O)N3CCN(C(C)=O)CC3)c(C)c2c1=O. The number of unbranched alkanes of at least 4 members (excludes halogenated alkanes) is 1. The van der Waals surface area contributed by atoms with E-state index in [1.807, 2.05) is 6.92 Å². The van der Waals surface area contributed by atoms with E-state index in [1.54, 1.807) is 27.6 Å². The lowest BCUT2D eigenvalue weighted by Crippen LogP contribution is -2.50. The molecule has 2 aromatic heterocycles. The second-order valence-electron chi connectivity index (χ2n) is 6.63.